The summed E-state index contributed by atoms with van der Waals surface area (Å²) in [5, 5.41) is 0. The SMILES string of the molecule is CC(C)(C)C1=CC[C]([Zr+2](=[CH]c2ccccc2)[C]2=Cc3cc4c(cc3C2(C)C)Cc2cc3c(cc2-4)C=CC3(C)C)=C1.[Cl-].[Cl-]. The third-order valence-electron chi connectivity index (χ3n) is 9.73. The quantitative estimate of drug-likeness (QED) is 0.310. The van der Waals surface area contributed by atoms with Crippen LogP contribution >= 0.6 is 0 Å². The Bertz CT molecular complexity index is 1750. The average molecular weight is 671 g/mol. The van der Waals surface area contributed by atoms with Gasteiger partial charge in [0, 0.05) is 0 Å². The van der Waals surface area contributed by atoms with E-state index in [2.05, 4.69) is 137 Å². The van der Waals surface area contributed by atoms with Crippen molar-refractivity contribution in [2.24, 2.45) is 5.41 Å². The second kappa shape index (κ2) is 10.8. The molecule has 0 unspecified atom stereocenters. The minimum absolute atomic E-state index is 0. The van der Waals surface area contributed by atoms with Crippen LogP contribution in [0.1, 0.15) is 93.8 Å². The minimum atomic E-state index is -2.33. The topological polar surface area (TPSA) is 0 Å². The molecule has 0 N–H and O–H groups in total. The summed E-state index contributed by atoms with van der Waals surface area (Å²) < 4.78 is 6.13. The fraction of sp³-hybridized carbons (Fsp3) is 0.308. The van der Waals surface area contributed by atoms with E-state index in [-0.39, 0.29) is 41.1 Å². The van der Waals surface area contributed by atoms with Crippen LogP contribution in [0.4, 0.5) is 0 Å². The van der Waals surface area contributed by atoms with Gasteiger partial charge in [0.15, 0.2) is 0 Å². The van der Waals surface area contributed by atoms with Crippen molar-refractivity contribution in [3.8, 4) is 11.1 Å². The zero-order valence-electron chi connectivity index (χ0n) is 25.8. The molecule has 42 heavy (non-hydrogen) atoms. The molecule has 3 aromatic carbocycles. The van der Waals surface area contributed by atoms with Crippen molar-refractivity contribution < 1.29 is 46.1 Å². The number of benzene rings is 3. The van der Waals surface area contributed by atoms with Crippen LogP contribution in [-0.4, -0.2) is 3.71 Å². The van der Waals surface area contributed by atoms with Gasteiger partial charge in [-0.15, -0.1) is 0 Å². The van der Waals surface area contributed by atoms with E-state index in [0.717, 1.165) is 12.8 Å². The third-order valence-corrected chi connectivity index (χ3v) is 17.1. The fourth-order valence-corrected chi connectivity index (χ4v) is 14.5. The number of fused-ring (bicyclic) bond motifs is 5. The van der Waals surface area contributed by atoms with E-state index in [1.165, 1.54) is 55.6 Å². The summed E-state index contributed by atoms with van der Waals surface area (Å²) in [6, 6.07) is 21.2. The van der Waals surface area contributed by atoms with Crippen LogP contribution in [0, 0.1) is 5.41 Å². The molecule has 7 rings (SSSR count). The van der Waals surface area contributed by atoms with Gasteiger partial charge in [0.2, 0.25) is 0 Å². The third kappa shape index (κ3) is 5.09. The monoisotopic (exact) mass is 668 g/mol. The molecule has 0 amide bonds. The van der Waals surface area contributed by atoms with Crippen LogP contribution < -0.4 is 24.8 Å². The Balaban J connectivity index is 0.00000176. The van der Waals surface area contributed by atoms with Crippen molar-refractivity contribution in [2.45, 2.75) is 72.1 Å². The number of hydrogen-bond donors (Lipinski definition) is 0. The zero-order chi connectivity index (χ0) is 28.0. The molecule has 0 nitrogen and oxygen atoms in total. The van der Waals surface area contributed by atoms with Gasteiger partial charge >= 0.3 is 250 Å². The van der Waals surface area contributed by atoms with E-state index < -0.39 is 21.3 Å². The largest absolute Gasteiger partial charge is 1.00 e. The van der Waals surface area contributed by atoms with Gasteiger partial charge < -0.3 is 24.8 Å². The number of hydrogen-bond acceptors (Lipinski definition) is 0. The molecule has 0 aromatic heterocycles. The van der Waals surface area contributed by atoms with Gasteiger partial charge in [0.1, 0.15) is 0 Å². The van der Waals surface area contributed by atoms with Crippen molar-refractivity contribution >= 4 is 15.9 Å². The van der Waals surface area contributed by atoms with E-state index in [4.69, 9.17) is 0 Å². The predicted molar refractivity (Wildman–Crippen MR) is 170 cm³/mol. The Morgan fingerprint density at radius 3 is 2.07 bits per heavy atom. The molecule has 3 aromatic rings. The minimum Gasteiger partial charge on any atom is -1.00 e. The molecule has 0 bridgehead atoms. The van der Waals surface area contributed by atoms with Gasteiger partial charge in [0.25, 0.3) is 0 Å². The molecule has 4 aliphatic carbocycles. The summed E-state index contributed by atoms with van der Waals surface area (Å²) in [7, 11) is 0. The normalized spacial score (nSPS) is 18.2. The molecular weight excluding hydrogens is 631 g/mol. The first-order valence-corrected chi connectivity index (χ1v) is 18.7. The van der Waals surface area contributed by atoms with Gasteiger partial charge in [-0.1, -0.05) is 0 Å². The standard InChI is InChI=1S/C23H21.C9H13.C7H6.2ClH.Zr/c1-22(2)7-5-14-10-18-16(12-20(14)22)9-17-13-21-15(11-19(17)18)6-8-23(21,3)4;1-9(2,3)8-6-4-5-7-8;1-7-5-3-2-4-6-7;;;/h5-7,10-13H,9H2,1-4H3;6-7H,4H2,1-3H3;1-6H;2*1H;/q;;;;;+2/p-2. The number of rotatable bonds is 3. The van der Waals surface area contributed by atoms with E-state index >= 15 is 0 Å². The van der Waals surface area contributed by atoms with Gasteiger partial charge in [-0.2, -0.15) is 0 Å². The van der Waals surface area contributed by atoms with E-state index in [1.807, 2.05) is 0 Å². The predicted octanol–water partition coefficient (Wildman–Crippen LogP) is 3.93. The van der Waals surface area contributed by atoms with Gasteiger partial charge in [-0.3, -0.25) is 0 Å². The maximum atomic E-state index is 2.70. The molecule has 0 saturated heterocycles. The molecule has 214 valence electrons. The summed E-state index contributed by atoms with van der Waals surface area (Å²) in [6.07, 6.45) is 14.6. The molecule has 4 aliphatic rings. The van der Waals surface area contributed by atoms with Crippen LogP contribution in [0.25, 0.3) is 23.3 Å². The van der Waals surface area contributed by atoms with Gasteiger partial charge in [0.05, 0.1) is 0 Å². The Labute approximate surface area is 272 Å². The average Bonchev–Trinajstić information content (AvgIpc) is 3.65. The fourth-order valence-electron chi connectivity index (χ4n) is 7.26. The number of halogens is 2. The molecule has 0 spiro atoms. The Kier molecular flexibility index (Phi) is 8.10. The first-order valence-electron chi connectivity index (χ1n) is 14.9. The summed E-state index contributed by atoms with van der Waals surface area (Å²) in [5.74, 6) is 0. The van der Waals surface area contributed by atoms with Crippen molar-refractivity contribution in [1.29, 1.82) is 0 Å². The molecule has 0 saturated carbocycles. The smallest absolute Gasteiger partial charge is 1.00 e. The van der Waals surface area contributed by atoms with Crippen molar-refractivity contribution in [2.75, 3.05) is 0 Å². The van der Waals surface area contributed by atoms with Crippen LogP contribution in [-0.2, 0) is 38.5 Å². The molecule has 3 heteroatoms. The molecule has 0 atom stereocenters. The van der Waals surface area contributed by atoms with Gasteiger partial charge in [-0.05, 0) is 0 Å². The molecule has 0 heterocycles. The number of allylic oxidation sites excluding steroid dienone is 6. The van der Waals surface area contributed by atoms with Crippen molar-refractivity contribution in [3.63, 3.8) is 0 Å². The Morgan fingerprint density at radius 1 is 0.786 bits per heavy atom. The summed E-state index contributed by atoms with van der Waals surface area (Å²) >= 11 is -2.33. The second-order valence-electron chi connectivity index (χ2n) is 14.4. The van der Waals surface area contributed by atoms with Crippen molar-refractivity contribution in [3.05, 3.63) is 124 Å². The Hall–Kier alpha value is -2.05. The van der Waals surface area contributed by atoms with E-state index in [0.29, 0.717) is 0 Å². The second-order valence-corrected chi connectivity index (χ2v) is 20.0. The first kappa shape index (κ1) is 31.4. The van der Waals surface area contributed by atoms with E-state index in [9.17, 15) is 0 Å². The van der Waals surface area contributed by atoms with Crippen LogP contribution in [0.5, 0.6) is 0 Å². The van der Waals surface area contributed by atoms with Crippen LogP contribution in [0.15, 0.2) is 85.0 Å². The summed E-state index contributed by atoms with van der Waals surface area (Å²) in [5.41, 5.74) is 15.1. The molecule has 0 aliphatic heterocycles. The van der Waals surface area contributed by atoms with Crippen molar-refractivity contribution in [1.82, 2.24) is 0 Å². The molecule has 0 radical (unpaired) electrons. The van der Waals surface area contributed by atoms with Crippen LogP contribution in [0.2, 0.25) is 0 Å². The summed E-state index contributed by atoms with van der Waals surface area (Å²) in [6.45, 7) is 16.7. The van der Waals surface area contributed by atoms with E-state index in [1.54, 1.807) is 6.56 Å². The maximum Gasteiger partial charge on any atom is -1.00 e. The Morgan fingerprint density at radius 2 is 1.43 bits per heavy atom. The summed E-state index contributed by atoms with van der Waals surface area (Å²) in [4.78, 5) is 0. The maximum absolute atomic E-state index is 2.70. The molecular formula is C39H40Cl2Zr. The zero-order valence-corrected chi connectivity index (χ0v) is 29.8. The van der Waals surface area contributed by atoms with Crippen LogP contribution in [0.3, 0.4) is 0 Å². The van der Waals surface area contributed by atoms with Gasteiger partial charge in [-0.25, -0.2) is 0 Å². The first-order chi connectivity index (χ1) is 18.9. The molecule has 0 fully saturated rings.